The molecule has 1 saturated carbocycles. The molecule has 0 aromatic carbocycles. The highest BCUT2D eigenvalue weighted by Crippen LogP contribution is 2.42. The van der Waals surface area contributed by atoms with Crippen molar-refractivity contribution in [2.24, 2.45) is 5.41 Å². The van der Waals surface area contributed by atoms with Gasteiger partial charge in [-0.1, -0.05) is 39.5 Å². The van der Waals surface area contributed by atoms with E-state index in [1.54, 1.807) is 0 Å². The van der Waals surface area contributed by atoms with Crippen LogP contribution >= 0.6 is 11.8 Å². The van der Waals surface area contributed by atoms with Gasteiger partial charge < -0.3 is 9.67 Å². The van der Waals surface area contributed by atoms with Crippen LogP contribution in [-0.4, -0.2) is 26.4 Å². The number of carboxylic acid groups (broad SMARTS) is 1. The first kappa shape index (κ1) is 16.4. The zero-order valence-electron chi connectivity index (χ0n) is 13.4. The summed E-state index contributed by atoms with van der Waals surface area (Å²) in [7, 11) is 0. The van der Waals surface area contributed by atoms with E-state index >= 15 is 0 Å². The van der Waals surface area contributed by atoms with Gasteiger partial charge in [0.1, 0.15) is 0 Å². The predicted molar refractivity (Wildman–Crippen MR) is 86.0 cm³/mol. The molecule has 0 unspecified atom stereocenters. The van der Waals surface area contributed by atoms with Gasteiger partial charge in [-0.05, 0) is 37.0 Å². The van der Waals surface area contributed by atoms with Gasteiger partial charge in [0.2, 0.25) is 0 Å². The predicted octanol–water partition coefficient (Wildman–Crippen LogP) is 4.32. The molecule has 21 heavy (non-hydrogen) atoms. The molecule has 5 heteroatoms. The van der Waals surface area contributed by atoms with Gasteiger partial charge in [-0.15, -0.1) is 0 Å². The van der Waals surface area contributed by atoms with E-state index in [2.05, 4.69) is 37.2 Å². The zero-order valence-corrected chi connectivity index (χ0v) is 14.2. The molecule has 118 valence electrons. The zero-order chi connectivity index (χ0) is 15.6. The average Bonchev–Trinajstić information content (AvgIpc) is 2.80. The van der Waals surface area contributed by atoms with Crippen LogP contribution in [0.4, 0.5) is 0 Å². The lowest BCUT2D eigenvalue weighted by molar-refractivity contribution is -0.133. The highest BCUT2D eigenvalue weighted by Gasteiger charge is 2.30. The van der Waals surface area contributed by atoms with Gasteiger partial charge in [0.05, 0.1) is 5.75 Å². The molecule has 1 aliphatic rings. The Kier molecular flexibility index (Phi) is 5.02. The average molecular weight is 310 g/mol. The van der Waals surface area contributed by atoms with Crippen molar-refractivity contribution >= 4 is 17.7 Å². The second kappa shape index (κ2) is 6.42. The number of carboxylic acids is 1. The van der Waals surface area contributed by atoms with Crippen LogP contribution in [0.3, 0.4) is 0 Å². The van der Waals surface area contributed by atoms with Crippen LogP contribution < -0.4 is 0 Å². The van der Waals surface area contributed by atoms with Gasteiger partial charge in [-0.3, -0.25) is 4.79 Å². The number of carbonyl (C=O) groups is 1. The maximum Gasteiger partial charge on any atom is 0.313 e. The second-order valence-electron chi connectivity index (χ2n) is 7.07. The van der Waals surface area contributed by atoms with Crippen molar-refractivity contribution in [3.8, 4) is 0 Å². The summed E-state index contributed by atoms with van der Waals surface area (Å²) in [4.78, 5) is 15.3. The number of thioether (sulfide) groups is 1. The number of hydrogen-bond donors (Lipinski definition) is 1. The maximum absolute atomic E-state index is 10.8. The van der Waals surface area contributed by atoms with E-state index in [4.69, 9.17) is 5.11 Å². The van der Waals surface area contributed by atoms with Crippen LogP contribution in [0.1, 0.15) is 71.0 Å². The minimum atomic E-state index is -0.787. The highest BCUT2D eigenvalue weighted by molar-refractivity contribution is 7.99. The summed E-state index contributed by atoms with van der Waals surface area (Å²) in [5.74, 6) is -0.302. The Hall–Kier alpha value is -0.970. The first-order valence-electron chi connectivity index (χ1n) is 7.72. The largest absolute Gasteiger partial charge is 0.481 e. The lowest BCUT2D eigenvalue weighted by atomic mass is 9.75. The Morgan fingerprint density at radius 2 is 2.10 bits per heavy atom. The van der Waals surface area contributed by atoms with Crippen LogP contribution in [0.15, 0.2) is 11.4 Å². The number of rotatable bonds is 5. The Bertz CT molecular complexity index is 498. The van der Waals surface area contributed by atoms with Crippen LogP contribution in [0.2, 0.25) is 0 Å². The third-order valence-electron chi connectivity index (χ3n) is 4.38. The van der Waals surface area contributed by atoms with Crippen LogP contribution in [0.25, 0.3) is 0 Å². The number of aromatic nitrogens is 2. The summed E-state index contributed by atoms with van der Waals surface area (Å²) in [6.07, 6.45) is 6.68. The molecule has 1 aliphatic carbocycles. The van der Waals surface area contributed by atoms with E-state index in [1.165, 1.54) is 30.3 Å². The molecule has 1 fully saturated rings. The Balaban J connectivity index is 2.22. The third-order valence-corrected chi connectivity index (χ3v) is 5.33. The first-order chi connectivity index (χ1) is 9.80. The van der Waals surface area contributed by atoms with Crippen LogP contribution in [0, 0.1) is 5.41 Å². The molecule has 0 saturated heterocycles. The van der Waals surface area contributed by atoms with Gasteiger partial charge in [0, 0.05) is 17.9 Å². The Morgan fingerprint density at radius 1 is 1.48 bits per heavy atom. The minimum absolute atomic E-state index is 0.0762. The van der Waals surface area contributed by atoms with Crippen molar-refractivity contribution in [1.29, 1.82) is 0 Å². The summed E-state index contributed by atoms with van der Waals surface area (Å²) in [6.45, 7) is 9.01. The quantitative estimate of drug-likeness (QED) is 0.823. The van der Waals surface area contributed by atoms with Gasteiger partial charge in [-0.2, -0.15) is 0 Å². The van der Waals surface area contributed by atoms with E-state index in [1.807, 2.05) is 6.20 Å². The number of hydrogen-bond acceptors (Lipinski definition) is 3. The standard InChI is InChI=1S/C16H26N2O2S/c1-11(2)13-9-17-15(21-10-14(19)20)18(13)12-5-7-16(3,4)8-6-12/h9,11-12H,5-8,10H2,1-4H3,(H,19,20). The molecular weight excluding hydrogens is 284 g/mol. The van der Waals surface area contributed by atoms with Crippen LogP contribution in [0.5, 0.6) is 0 Å². The summed E-state index contributed by atoms with van der Waals surface area (Å²) < 4.78 is 2.31. The fourth-order valence-corrected chi connectivity index (χ4v) is 3.80. The van der Waals surface area contributed by atoms with Gasteiger partial charge in [0.15, 0.2) is 5.16 Å². The molecule has 0 aliphatic heterocycles. The normalized spacial score (nSPS) is 19.1. The van der Waals surface area contributed by atoms with Crippen LogP contribution in [-0.2, 0) is 4.79 Å². The van der Waals surface area contributed by atoms with E-state index < -0.39 is 5.97 Å². The van der Waals surface area contributed by atoms with E-state index in [9.17, 15) is 4.79 Å². The fraction of sp³-hybridized carbons (Fsp3) is 0.750. The first-order valence-corrected chi connectivity index (χ1v) is 8.70. The number of aliphatic carboxylic acids is 1. The molecule has 0 amide bonds. The summed E-state index contributed by atoms with van der Waals surface area (Å²) in [5, 5.41) is 9.77. The fourth-order valence-electron chi connectivity index (χ4n) is 3.03. The van der Waals surface area contributed by atoms with Crippen molar-refractivity contribution in [1.82, 2.24) is 9.55 Å². The smallest absolute Gasteiger partial charge is 0.313 e. The maximum atomic E-state index is 10.8. The molecule has 0 spiro atoms. The molecule has 1 aromatic heterocycles. The molecule has 4 nitrogen and oxygen atoms in total. The monoisotopic (exact) mass is 310 g/mol. The van der Waals surface area contributed by atoms with Gasteiger partial charge >= 0.3 is 5.97 Å². The van der Waals surface area contributed by atoms with E-state index in [0.29, 0.717) is 17.4 Å². The van der Waals surface area contributed by atoms with Gasteiger partial charge in [0.25, 0.3) is 0 Å². The Labute approximate surface area is 131 Å². The summed E-state index contributed by atoms with van der Waals surface area (Å²) in [5.41, 5.74) is 1.66. The second-order valence-corrected chi connectivity index (χ2v) is 8.01. The van der Waals surface area contributed by atoms with Crippen molar-refractivity contribution in [2.75, 3.05) is 5.75 Å². The van der Waals surface area contributed by atoms with Crippen molar-refractivity contribution in [2.45, 2.75) is 70.5 Å². The molecule has 0 radical (unpaired) electrons. The van der Waals surface area contributed by atoms with Gasteiger partial charge in [-0.25, -0.2) is 4.98 Å². The highest BCUT2D eigenvalue weighted by atomic mass is 32.2. The van der Waals surface area contributed by atoms with Crippen molar-refractivity contribution < 1.29 is 9.90 Å². The number of nitrogens with zero attached hydrogens (tertiary/aromatic N) is 2. The molecule has 2 rings (SSSR count). The third kappa shape index (κ3) is 4.02. The molecular formula is C16H26N2O2S. The van der Waals surface area contributed by atoms with Crippen molar-refractivity contribution in [3.63, 3.8) is 0 Å². The number of imidazole rings is 1. The SMILES string of the molecule is CC(C)c1cnc(SCC(=O)O)n1C1CCC(C)(C)CC1. The lowest BCUT2D eigenvalue weighted by Gasteiger charge is -2.36. The summed E-state index contributed by atoms with van der Waals surface area (Å²) >= 11 is 1.34. The van der Waals surface area contributed by atoms with E-state index in [0.717, 1.165) is 18.0 Å². The minimum Gasteiger partial charge on any atom is -0.481 e. The summed E-state index contributed by atoms with van der Waals surface area (Å²) in [6, 6.07) is 0.467. The van der Waals surface area contributed by atoms with Crippen molar-refractivity contribution in [3.05, 3.63) is 11.9 Å². The topological polar surface area (TPSA) is 55.1 Å². The molecule has 0 bridgehead atoms. The molecule has 0 atom stereocenters. The van der Waals surface area contributed by atoms with E-state index in [-0.39, 0.29) is 5.75 Å². The molecule has 1 N–H and O–H groups in total. The molecule has 1 heterocycles. The lowest BCUT2D eigenvalue weighted by Crippen LogP contribution is -2.25. The molecule has 1 aromatic rings. The Morgan fingerprint density at radius 3 is 2.62 bits per heavy atom.